The Bertz CT molecular complexity index is 1160. The van der Waals surface area contributed by atoms with Gasteiger partial charge in [-0.15, -0.1) is 5.10 Å². The van der Waals surface area contributed by atoms with Crippen molar-refractivity contribution >= 4 is 29.5 Å². The van der Waals surface area contributed by atoms with E-state index in [1.54, 1.807) is 15.5 Å². The lowest BCUT2D eigenvalue weighted by Gasteiger charge is -2.39. The summed E-state index contributed by atoms with van der Waals surface area (Å²) in [6.07, 6.45) is 3.56. The van der Waals surface area contributed by atoms with Crippen molar-refractivity contribution in [2.75, 3.05) is 18.4 Å². The third-order valence-electron chi connectivity index (χ3n) is 5.18. The lowest BCUT2D eigenvalue weighted by atomic mass is 10.0. The number of carbonyl (C=O) groups excluding carboxylic acids is 2. The summed E-state index contributed by atoms with van der Waals surface area (Å²) in [7, 11) is 0. The molecule has 10 heteroatoms. The van der Waals surface area contributed by atoms with Crippen LogP contribution in [0.25, 0.3) is 16.9 Å². The van der Waals surface area contributed by atoms with Crippen molar-refractivity contribution in [2.45, 2.75) is 38.6 Å². The van der Waals surface area contributed by atoms with Crippen molar-refractivity contribution in [3.63, 3.8) is 0 Å². The number of pyridine rings is 1. The van der Waals surface area contributed by atoms with Crippen molar-refractivity contribution in [3.8, 4) is 11.3 Å². The van der Waals surface area contributed by atoms with Gasteiger partial charge in [-0.3, -0.25) is 14.9 Å². The summed E-state index contributed by atoms with van der Waals surface area (Å²) < 4.78 is 1.56. The first-order chi connectivity index (χ1) is 15.9. The third kappa shape index (κ3) is 5.85. The molecule has 2 fully saturated rings. The van der Waals surface area contributed by atoms with Crippen LogP contribution in [0, 0.1) is 0 Å². The van der Waals surface area contributed by atoms with E-state index in [1.807, 2.05) is 36.4 Å². The molecule has 1 saturated carbocycles. The van der Waals surface area contributed by atoms with Gasteiger partial charge in [0.05, 0.1) is 18.2 Å². The van der Waals surface area contributed by atoms with E-state index in [0.717, 1.165) is 16.8 Å². The second-order valence-corrected chi connectivity index (χ2v) is 8.18. The molecule has 2 aliphatic rings. The number of rotatable bonds is 5. The van der Waals surface area contributed by atoms with Crippen LogP contribution in [0.4, 0.5) is 10.7 Å². The number of carbonyl (C=O) groups is 3. The van der Waals surface area contributed by atoms with Crippen LogP contribution in [0.15, 0.2) is 42.5 Å². The Morgan fingerprint density at radius 3 is 2.36 bits per heavy atom. The highest BCUT2D eigenvalue weighted by molar-refractivity contribution is 5.81. The molecule has 0 bridgehead atoms. The van der Waals surface area contributed by atoms with Crippen LogP contribution in [0.1, 0.15) is 31.7 Å². The number of likely N-dealkylation sites (tertiary alicyclic amines) is 1. The Morgan fingerprint density at radius 1 is 1.06 bits per heavy atom. The Labute approximate surface area is 190 Å². The third-order valence-corrected chi connectivity index (χ3v) is 5.18. The Balaban J connectivity index is 0.000000799. The smallest absolute Gasteiger partial charge is 0.411 e. The maximum absolute atomic E-state index is 12.4. The molecule has 1 aliphatic carbocycles. The summed E-state index contributed by atoms with van der Waals surface area (Å²) in [6.45, 7) is 2.55. The molecular formula is C23H26N6O4. The summed E-state index contributed by atoms with van der Waals surface area (Å²) in [4.78, 5) is 40.1. The standard InChI is InChI=1S/C20H20N6O4.C3H6/c1-12(27)21-15-10-25(11-15)18(28)9-13-5-7-14(8-6-13)16-3-2-4-17-22-19(23-20(29)30)24-26(16)17;1-2-3-1/h2-8,15H,9-11H2,1H3,(H,21,27)(H,23,24)(H,29,30);1-3H2. The highest BCUT2D eigenvalue weighted by atomic mass is 16.4. The molecule has 2 aromatic heterocycles. The van der Waals surface area contributed by atoms with Gasteiger partial charge >= 0.3 is 6.09 Å². The minimum Gasteiger partial charge on any atom is -0.465 e. The fraction of sp³-hybridized carbons (Fsp3) is 0.348. The number of hydrogen-bond donors (Lipinski definition) is 3. The summed E-state index contributed by atoms with van der Waals surface area (Å²) >= 11 is 0. The number of anilines is 1. The average Bonchev–Trinajstić information content (AvgIpc) is 3.56. The first-order valence-corrected chi connectivity index (χ1v) is 10.9. The van der Waals surface area contributed by atoms with E-state index in [-0.39, 0.29) is 30.2 Å². The number of fused-ring (bicyclic) bond motifs is 1. The molecule has 172 valence electrons. The lowest BCUT2D eigenvalue weighted by Crippen LogP contribution is -2.60. The van der Waals surface area contributed by atoms with E-state index in [4.69, 9.17) is 5.11 Å². The fourth-order valence-corrected chi connectivity index (χ4v) is 3.41. The summed E-state index contributed by atoms with van der Waals surface area (Å²) in [5.74, 6) is -0.0626. The Kier molecular flexibility index (Phi) is 6.53. The molecule has 3 heterocycles. The van der Waals surface area contributed by atoms with Gasteiger partial charge < -0.3 is 15.3 Å². The average molecular weight is 450 g/mol. The monoisotopic (exact) mass is 450 g/mol. The van der Waals surface area contributed by atoms with Gasteiger partial charge in [0.25, 0.3) is 5.95 Å². The van der Waals surface area contributed by atoms with E-state index >= 15 is 0 Å². The first kappa shape index (κ1) is 22.3. The summed E-state index contributed by atoms with van der Waals surface area (Å²) in [5.41, 5.74) is 3.00. The predicted octanol–water partition coefficient (Wildman–Crippen LogP) is 2.55. The molecular weight excluding hydrogens is 424 g/mol. The number of nitrogens with zero attached hydrogens (tertiary/aromatic N) is 4. The van der Waals surface area contributed by atoms with Gasteiger partial charge in [-0.05, 0) is 17.7 Å². The number of aromatic nitrogens is 3. The number of nitrogens with one attached hydrogen (secondary N) is 2. The maximum Gasteiger partial charge on any atom is 0.411 e. The second-order valence-electron chi connectivity index (χ2n) is 8.18. The van der Waals surface area contributed by atoms with Gasteiger partial charge in [0.2, 0.25) is 11.8 Å². The number of amides is 3. The molecule has 0 spiro atoms. The van der Waals surface area contributed by atoms with E-state index in [0.29, 0.717) is 18.7 Å². The topological polar surface area (TPSA) is 129 Å². The molecule has 0 unspecified atom stereocenters. The Morgan fingerprint density at radius 2 is 1.76 bits per heavy atom. The molecule has 10 nitrogen and oxygen atoms in total. The summed E-state index contributed by atoms with van der Waals surface area (Å²) in [5, 5.41) is 18.0. The molecule has 1 aliphatic heterocycles. The highest BCUT2D eigenvalue weighted by Crippen LogP contribution is 2.22. The van der Waals surface area contributed by atoms with Crippen molar-refractivity contribution in [2.24, 2.45) is 0 Å². The predicted molar refractivity (Wildman–Crippen MR) is 122 cm³/mol. The summed E-state index contributed by atoms with van der Waals surface area (Å²) in [6, 6.07) is 13.0. The van der Waals surface area contributed by atoms with Crippen molar-refractivity contribution in [1.82, 2.24) is 24.8 Å². The van der Waals surface area contributed by atoms with Crippen LogP contribution >= 0.6 is 0 Å². The van der Waals surface area contributed by atoms with Crippen LogP contribution in [0.5, 0.6) is 0 Å². The van der Waals surface area contributed by atoms with E-state index in [9.17, 15) is 14.4 Å². The number of carboxylic acid groups (broad SMARTS) is 1. The van der Waals surface area contributed by atoms with Gasteiger partial charge in [-0.2, -0.15) is 4.98 Å². The van der Waals surface area contributed by atoms with Crippen LogP contribution in [0.3, 0.4) is 0 Å². The van der Waals surface area contributed by atoms with Gasteiger partial charge in [0, 0.05) is 25.6 Å². The van der Waals surface area contributed by atoms with Crippen molar-refractivity contribution < 1.29 is 19.5 Å². The lowest BCUT2D eigenvalue weighted by molar-refractivity contribution is -0.137. The normalized spacial score (nSPS) is 14.6. The van der Waals surface area contributed by atoms with Gasteiger partial charge in [-0.1, -0.05) is 49.6 Å². The molecule has 5 rings (SSSR count). The SMILES string of the molecule is C1CC1.CC(=O)NC1CN(C(=O)Cc2ccc(-c3cccc4nc(NC(=O)O)nn34)cc2)C1. The maximum atomic E-state index is 12.4. The van der Waals surface area contributed by atoms with Crippen LogP contribution in [-0.2, 0) is 16.0 Å². The van der Waals surface area contributed by atoms with E-state index in [2.05, 4.69) is 20.7 Å². The fourth-order valence-electron chi connectivity index (χ4n) is 3.41. The van der Waals surface area contributed by atoms with Crippen LogP contribution in [0.2, 0.25) is 0 Å². The molecule has 3 aromatic rings. The molecule has 3 amide bonds. The molecule has 1 aromatic carbocycles. The minimum absolute atomic E-state index is 0.00396. The van der Waals surface area contributed by atoms with Crippen molar-refractivity contribution in [1.29, 1.82) is 0 Å². The van der Waals surface area contributed by atoms with Crippen LogP contribution < -0.4 is 10.6 Å². The minimum atomic E-state index is -1.23. The zero-order chi connectivity index (χ0) is 23.4. The largest absolute Gasteiger partial charge is 0.465 e. The zero-order valence-electron chi connectivity index (χ0n) is 18.3. The highest BCUT2D eigenvalue weighted by Gasteiger charge is 2.30. The second kappa shape index (κ2) is 9.68. The Hall–Kier alpha value is -3.95. The van der Waals surface area contributed by atoms with E-state index in [1.165, 1.54) is 26.2 Å². The van der Waals surface area contributed by atoms with Crippen molar-refractivity contribution in [3.05, 3.63) is 48.0 Å². The van der Waals surface area contributed by atoms with E-state index < -0.39 is 6.09 Å². The molecule has 33 heavy (non-hydrogen) atoms. The molecule has 0 radical (unpaired) electrons. The molecule has 1 saturated heterocycles. The number of benzene rings is 1. The van der Waals surface area contributed by atoms with Gasteiger partial charge in [0.1, 0.15) is 0 Å². The molecule has 0 atom stereocenters. The van der Waals surface area contributed by atoms with Gasteiger partial charge in [0.15, 0.2) is 5.65 Å². The quantitative estimate of drug-likeness (QED) is 0.548. The zero-order valence-corrected chi connectivity index (χ0v) is 18.3. The molecule has 3 N–H and O–H groups in total. The van der Waals surface area contributed by atoms with Gasteiger partial charge in [-0.25, -0.2) is 9.31 Å². The first-order valence-electron chi connectivity index (χ1n) is 10.9. The number of hydrogen-bond acceptors (Lipinski definition) is 5. The van der Waals surface area contributed by atoms with Crippen LogP contribution in [-0.4, -0.2) is 61.6 Å².